The number of hydrogen-bond donors (Lipinski definition) is 2. The number of allylic oxidation sites excluding steroid dienone is 2. The van der Waals surface area contributed by atoms with Gasteiger partial charge in [-0.05, 0) is 38.7 Å². The van der Waals surface area contributed by atoms with E-state index in [1.165, 1.54) is 5.57 Å². The average Bonchev–Trinajstić information content (AvgIpc) is 2.85. The lowest BCUT2D eigenvalue weighted by Gasteiger charge is -2.30. The van der Waals surface area contributed by atoms with Gasteiger partial charge in [0.2, 0.25) is 0 Å². The molecule has 6 heteroatoms. The van der Waals surface area contributed by atoms with E-state index >= 15 is 0 Å². The first-order valence-electron chi connectivity index (χ1n) is 9.90. The zero-order valence-electron chi connectivity index (χ0n) is 16.0. The number of nitrogens with one attached hydrogen (secondary N) is 2. The van der Waals surface area contributed by atoms with Gasteiger partial charge in [0.1, 0.15) is 11.9 Å². The fraction of sp³-hybridized carbons (Fsp3) is 0.476. The van der Waals surface area contributed by atoms with E-state index in [4.69, 9.17) is 4.74 Å². The first kappa shape index (κ1) is 17.8. The molecule has 0 fully saturated rings. The number of rotatable bonds is 5. The summed E-state index contributed by atoms with van der Waals surface area (Å²) in [6, 6.07) is 8.56. The smallest absolute Gasteiger partial charge is 0.337 e. The van der Waals surface area contributed by atoms with E-state index in [9.17, 15) is 0 Å². The second-order valence-electron chi connectivity index (χ2n) is 7.39. The third kappa shape index (κ3) is 3.89. The van der Waals surface area contributed by atoms with Crippen molar-refractivity contribution in [2.24, 2.45) is 5.92 Å². The second kappa shape index (κ2) is 7.94. The number of fused-ring (bicyclic) bond motifs is 3. The molecule has 1 aromatic carbocycles. The van der Waals surface area contributed by atoms with Crippen molar-refractivity contribution in [3.8, 4) is 17.3 Å². The first-order valence-corrected chi connectivity index (χ1v) is 9.90. The Bertz CT molecular complexity index is 835. The number of unbranched alkanes of at least 4 members (excludes halogenated alkanes) is 1. The summed E-state index contributed by atoms with van der Waals surface area (Å²) >= 11 is 0. The summed E-state index contributed by atoms with van der Waals surface area (Å²) in [6.07, 6.45) is 7.87. The molecule has 0 amide bonds. The molecule has 0 radical (unpaired) electrons. The lowest BCUT2D eigenvalue weighted by molar-refractivity contribution is 0.282. The third-order valence-corrected chi connectivity index (χ3v) is 5.33. The average molecular weight is 365 g/mol. The van der Waals surface area contributed by atoms with Crippen molar-refractivity contribution in [3.63, 3.8) is 0 Å². The van der Waals surface area contributed by atoms with Gasteiger partial charge in [-0.15, -0.1) is 5.10 Å². The van der Waals surface area contributed by atoms with Gasteiger partial charge in [0.25, 0.3) is 0 Å². The fourth-order valence-electron chi connectivity index (χ4n) is 3.65. The summed E-state index contributed by atoms with van der Waals surface area (Å²) in [4.78, 5) is 4.64. The van der Waals surface area contributed by atoms with Gasteiger partial charge in [-0.3, -0.25) is 0 Å². The van der Waals surface area contributed by atoms with Crippen LogP contribution in [0.2, 0.25) is 0 Å². The van der Waals surface area contributed by atoms with Gasteiger partial charge in [-0.1, -0.05) is 48.3 Å². The predicted octanol–water partition coefficient (Wildman–Crippen LogP) is 4.63. The van der Waals surface area contributed by atoms with Gasteiger partial charge in [-0.2, -0.15) is 4.98 Å². The number of ether oxygens (including phenoxy) is 1. The Hall–Kier alpha value is -2.63. The van der Waals surface area contributed by atoms with Crippen LogP contribution < -0.4 is 15.4 Å². The predicted molar refractivity (Wildman–Crippen MR) is 108 cm³/mol. The largest absolute Gasteiger partial charge is 0.462 e. The molecule has 0 saturated heterocycles. The van der Waals surface area contributed by atoms with Crippen molar-refractivity contribution in [1.29, 1.82) is 0 Å². The van der Waals surface area contributed by atoms with E-state index in [1.54, 1.807) is 0 Å². The molecule has 2 N–H and O–H groups in total. The first-order chi connectivity index (χ1) is 13.2. The molecule has 6 nitrogen and oxygen atoms in total. The molecule has 0 saturated carbocycles. The van der Waals surface area contributed by atoms with Crippen LogP contribution in [-0.2, 0) is 0 Å². The van der Waals surface area contributed by atoms with Crippen molar-refractivity contribution >= 4 is 11.5 Å². The van der Waals surface area contributed by atoms with Crippen molar-refractivity contribution < 1.29 is 4.74 Å². The monoisotopic (exact) mass is 365 g/mol. The van der Waals surface area contributed by atoms with E-state index < -0.39 is 0 Å². The molecular formula is C21H27N5O. The van der Waals surface area contributed by atoms with Gasteiger partial charge in [0.15, 0.2) is 5.82 Å². The molecule has 1 aliphatic carbocycles. The summed E-state index contributed by atoms with van der Waals surface area (Å²) in [5.74, 6) is 1.23. The van der Waals surface area contributed by atoms with E-state index in [2.05, 4.69) is 57.9 Å². The van der Waals surface area contributed by atoms with Crippen LogP contribution in [0.3, 0.4) is 0 Å². The summed E-state index contributed by atoms with van der Waals surface area (Å²) in [7, 11) is 0. The Morgan fingerprint density at radius 3 is 2.89 bits per heavy atom. The summed E-state index contributed by atoms with van der Waals surface area (Å²) < 4.78 is 5.68. The molecule has 1 aromatic heterocycles. The highest BCUT2D eigenvalue weighted by atomic mass is 16.5. The quantitative estimate of drug-likeness (QED) is 0.595. The maximum atomic E-state index is 5.68. The number of nitrogens with zero attached hydrogens (tertiary/aromatic N) is 3. The Kier molecular flexibility index (Phi) is 5.23. The molecule has 27 heavy (non-hydrogen) atoms. The molecule has 2 aliphatic rings. The molecule has 2 aromatic rings. The van der Waals surface area contributed by atoms with Gasteiger partial charge in [0, 0.05) is 17.2 Å². The van der Waals surface area contributed by atoms with Crippen LogP contribution in [0.1, 0.15) is 46.0 Å². The SMILES string of the molecule is CCCCOc1nnc2c(n1)NC(C1CC=C(C)CC1)Nc1ccccc1-2. The Labute approximate surface area is 160 Å². The molecule has 0 bridgehead atoms. The van der Waals surface area contributed by atoms with Crippen LogP contribution in [0.4, 0.5) is 11.5 Å². The van der Waals surface area contributed by atoms with E-state index in [0.717, 1.165) is 54.9 Å². The third-order valence-electron chi connectivity index (χ3n) is 5.33. The minimum Gasteiger partial charge on any atom is -0.462 e. The molecule has 1 aliphatic heterocycles. The van der Waals surface area contributed by atoms with Gasteiger partial charge < -0.3 is 15.4 Å². The molecule has 142 valence electrons. The number of para-hydroxylation sites is 1. The minimum absolute atomic E-state index is 0.0944. The molecule has 2 heterocycles. The number of aromatic nitrogens is 3. The molecule has 4 rings (SSSR count). The van der Waals surface area contributed by atoms with Gasteiger partial charge in [-0.25, -0.2) is 0 Å². The molecule has 2 atom stereocenters. The standard InChI is InChI=1S/C21H27N5O/c1-3-4-13-27-21-24-20-18(25-26-21)16-7-5-6-8-17(16)22-19(23-20)15-11-9-14(2)10-12-15/h5-9,15,19,22H,3-4,10-13H2,1-2H3,(H,23,24,26). The van der Waals surface area contributed by atoms with Crippen LogP contribution in [-0.4, -0.2) is 28.0 Å². The van der Waals surface area contributed by atoms with Crippen LogP contribution >= 0.6 is 0 Å². The van der Waals surface area contributed by atoms with Crippen LogP contribution in [0.5, 0.6) is 6.01 Å². The highest BCUT2D eigenvalue weighted by Gasteiger charge is 2.29. The maximum Gasteiger partial charge on any atom is 0.337 e. The van der Waals surface area contributed by atoms with Crippen molar-refractivity contribution in [1.82, 2.24) is 15.2 Å². The highest BCUT2D eigenvalue weighted by Crippen LogP contribution is 2.37. The minimum atomic E-state index is 0.0944. The summed E-state index contributed by atoms with van der Waals surface area (Å²) in [6.45, 7) is 4.96. The highest BCUT2D eigenvalue weighted by molar-refractivity contribution is 5.83. The lowest BCUT2D eigenvalue weighted by atomic mass is 9.88. The normalized spacial score (nSPS) is 21.0. The number of hydrogen-bond acceptors (Lipinski definition) is 6. The van der Waals surface area contributed by atoms with Gasteiger partial charge in [0.05, 0.1) is 6.61 Å². The summed E-state index contributed by atoms with van der Waals surface area (Å²) in [5, 5.41) is 15.9. The molecule has 0 spiro atoms. The van der Waals surface area contributed by atoms with E-state index in [-0.39, 0.29) is 6.17 Å². The summed E-state index contributed by atoms with van der Waals surface area (Å²) in [5.41, 5.74) is 4.34. The van der Waals surface area contributed by atoms with Crippen LogP contribution in [0.15, 0.2) is 35.9 Å². The van der Waals surface area contributed by atoms with Crippen LogP contribution in [0.25, 0.3) is 11.3 Å². The maximum absolute atomic E-state index is 5.68. The van der Waals surface area contributed by atoms with E-state index in [0.29, 0.717) is 18.5 Å². The van der Waals surface area contributed by atoms with E-state index in [1.807, 2.05) is 12.1 Å². The van der Waals surface area contributed by atoms with Crippen molar-refractivity contribution in [2.45, 2.75) is 52.1 Å². The zero-order valence-corrected chi connectivity index (χ0v) is 16.0. The Morgan fingerprint density at radius 2 is 2.07 bits per heavy atom. The van der Waals surface area contributed by atoms with Crippen molar-refractivity contribution in [3.05, 3.63) is 35.9 Å². The number of benzene rings is 1. The second-order valence-corrected chi connectivity index (χ2v) is 7.39. The topological polar surface area (TPSA) is 72.0 Å². The van der Waals surface area contributed by atoms with Gasteiger partial charge >= 0.3 is 6.01 Å². The van der Waals surface area contributed by atoms with Crippen molar-refractivity contribution in [2.75, 3.05) is 17.2 Å². The fourth-order valence-corrected chi connectivity index (χ4v) is 3.65. The Morgan fingerprint density at radius 1 is 1.19 bits per heavy atom. The molecular weight excluding hydrogens is 338 g/mol. The Balaban J connectivity index is 1.66. The molecule has 2 unspecified atom stereocenters. The number of anilines is 2. The van der Waals surface area contributed by atoms with Crippen LogP contribution in [0, 0.1) is 5.92 Å². The lowest BCUT2D eigenvalue weighted by Crippen LogP contribution is -2.37. The zero-order chi connectivity index (χ0) is 18.6.